The molecule has 3 rings (SSSR count). The number of hydrogen-bond acceptors (Lipinski definition) is 2. The summed E-state index contributed by atoms with van der Waals surface area (Å²) in [6.07, 6.45) is 8.92. The van der Waals surface area contributed by atoms with Crippen molar-refractivity contribution in [1.82, 2.24) is 10.2 Å². The molecule has 0 aromatic heterocycles. The van der Waals surface area contributed by atoms with Crippen LogP contribution < -0.4 is 5.32 Å². The Morgan fingerprint density at radius 2 is 1.94 bits per heavy atom. The van der Waals surface area contributed by atoms with Crippen LogP contribution in [0, 0.1) is 5.41 Å². The van der Waals surface area contributed by atoms with Gasteiger partial charge in [-0.25, -0.2) is 0 Å². The largest absolute Gasteiger partial charge is 0.309 e. The van der Waals surface area contributed by atoms with Crippen LogP contribution in [0.1, 0.15) is 45.4 Å². The van der Waals surface area contributed by atoms with E-state index in [2.05, 4.69) is 17.1 Å². The lowest BCUT2D eigenvalue weighted by atomic mass is 9.73. The second-order valence-electron chi connectivity index (χ2n) is 6.51. The van der Waals surface area contributed by atoms with Gasteiger partial charge in [-0.2, -0.15) is 0 Å². The van der Waals surface area contributed by atoms with Crippen molar-refractivity contribution in [2.75, 3.05) is 32.7 Å². The lowest BCUT2D eigenvalue weighted by Gasteiger charge is -2.33. The lowest BCUT2D eigenvalue weighted by molar-refractivity contribution is 0.190. The average Bonchev–Trinajstić information content (AvgIpc) is 2.60. The SMILES string of the molecule is CC(CN1CCC2(CCCCC2)C1)=C1CNC1. The van der Waals surface area contributed by atoms with Gasteiger partial charge in [0.2, 0.25) is 0 Å². The van der Waals surface area contributed by atoms with Crippen molar-refractivity contribution in [2.24, 2.45) is 5.41 Å². The van der Waals surface area contributed by atoms with E-state index in [9.17, 15) is 0 Å². The molecule has 0 aromatic rings. The Bertz CT molecular complexity index is 307. The number of likely N-dealkylation sites (tertiary alicyclic amines) is 1. The smallest absolute Gasteiger partial charge is 0.0193 e. The van der Waals surface area contributed by atoms with E-state index in [1.54, 1.807) is 11.1 Å². The van der Waals surface area contributed by atoms with Gasteiger partial charge in [0.25, 0.3) is 0 Å². The zero-order valence-corrected chi connectivity index (χ0v) is 11.2. The summed E-state index contributed by atoms with van der Waals surface area (Å²) in [6, 6.07) is 0. The molecule has 2 aliphatic heterocycles. The molecular formula is C15H26N2. The predicted molar refractivity (Wildman–Crippen MR) is 72.1 cm³/mol. The van der Waals surface area contributed by atoms with Gasteiger partial charge in [0, 0.05) is 26.2 Å². The van der Waals surface area contributed by atoms with Gasteiger partial charge < -0.3 is 5.32 Å². The highest BCUT2D eigenvalue weighted by atomic mass is 15.2. The van der Waals surface area contributed by atoms with Crippen LogP contribution in [0.25, 0.3) is 0 Å². The predicted octanol–water partition coefficient (Wildman–Crippen LogP) is 2.56. The van der Waals surface area contributed by atoms with Crippen molar-refractivity contribution in [2.45, 2.75) is 45.4 Å². The molecule has 3 fully saturated rings. The molecule has 0 bridgehead atoms. The Kier molecular flexibility index (Phi) is 3.27. The first-order valence-corrected chi connectivity index (χ1v) is 7.38. The van der Waals surface area contributed by atoms with Gasteiger partial charge in [-0.1, -0.05) is 24.8 Å². The maximum absolute atomic E-state index is 3.35. The van der Waals surface area contributed by atoms with Gasteiger partial charge in [-0.3, -0.25) is 4.90 Å². The third-order valence-corrected chi connectivity index (χ3v) is 5.17. The van der Waals surface area contributed by atoms with E-state index in [4.69, 9.17) is 0 Å². The first-order chi connectivity index (χ1) is 8.27. The zero-order valence-electron chi connectivity index (χ0n) is 11.2. The summed E-state index contributed by atoms with van der Waals surface area (Å²) in [7, 11) is 0. The normalized spacial score (nSPS) is 28.4. The van der Waals surface area contributed by atoms with Crippen molar-refractivity contribution < 1.29 is 0 Å². The molecule has 0 amide bonds. The zero-order chi connectivity index (χ0) is 11.7. The fourth-order valence-corrected chi connectivity index (χ4v) is 3.87. The van der Waals surface area contributed by atoms with E-state index in [-0.39, 0.29) is 0 Å². The fourth-order valence-electron chi connectivity index (χ4n) is 3.87. The molecule has 1 saturated carbocycles. The molecule has 17 heavy (non-hydrogen) atoms. The summed E-state index contributed by atoms with van der Waals surface area (Å²) in [5.74, 6) is 0. The number of hydrogen-bond donors (Lipinski definition) is 1. The van der Waals surface area contributed by atoms with Crippen molar-refractivity contribution >= 4 is 0 Å². The minimum Gasteiger partial charge on any atom is -0.309 e. The van der Waals surface area contributed by atoms with Crippen LogP contribution in [0.3, 0.4) is 0 Å². The maximum Gasteiger partial charge on any atom is 0.0193 e. The summed E-state index contributed by atoms with van der Waals surface area (Å²) in [5.41, 5.74) is 4.02. The second kappa shape index (κ2) is 4.74. The second-order valence-corrected chi connectivity index (χ2v) is 6.51. The minimum absolute atomic E-state index is 0.723. The number of rotatable bonds is 2. The number of nitrogens with zero attached hydrogens (tertiary/aromatic N) is 1. The standard InChI is InChI=1S/C15H26N2/c1-13(14-9-16-10-14)11-17-8-7-15(12-17)5-3-2-4-6-15/h16H,2-12H2,1H3. The summed E-state index contributed by atoms with van der Waals surface area (Å²) in [4.78, 5) is 2.71. The van der Waals surface area contributed by atoms with Crippen LogP contribution in [0.2, 0.25) is 0 Å². The van der Waals surface area contributed by atoms with Crippen LogP contribution in [-0.2, 0) is 0 Å². The van der Waals surface area contributed by atoms with E-state index < -0.39 is 0 Å². The Hall–Kier alpha value is -0.340. The Morgan fingerprint density at radius 1 is 1.18 bits per heavy atom. The van der Waals surface area contributed by atoms with E-state index in [0.29, 0.717) is 0 Å². The van der Waals surface area contributed by atoms with Crippen molar-refractivity contribution in [3.8, 4) is 0 Å². The third-order valence-electron chi connectivity index (χ3n) is 5.17. The molecular weight excluding hydrogens is 208 g/mol. The molecule has 2 heteroatoms. The molecule has 0 radical (unpaired) electrons. The summed E-state index contributed by atoms with van der Waals surface area (Å²) >= 11 is 0. The topological polar surface area (TPSA) is 15.3 Å². The highest BCUT2D eigenvalue weighted by molar-refractivity contribution is 5.22. The molecule has 3 aliphatic rings. The molecule has 0 unspecified atom stereocenters. The highest BCUT2D eigenvalue weighted by Crippen LogP contribution is 2.43. The molecule has 2 heterocycles. The molecule has 1 spiro atoms. The molecule has 96 valence electrons. The van der Waals surface area contributed by atoms with E-state index in [0.717, 1.165) is 18.5 Å². The van der Waals surface area contributed by atoms with Crippen LogP contribution in [0.4, 0.5) is 0 Å². The van der Waals surface area contributed by atoms with Crippen LogP contribution in [0.15, 0.2) is 11.1 Å². The monoisotopic (exact) mass is 234 g/mol. The quantitative estimate of drug-likeness (QED) is 0.739. The van der Waals surface area contributed by atoms with Crippen LogP contribution >= 0.6 is 0 Å². The van der Waals surface area contributed by atoms with Gasteiger partial charge in [0.15, 0.2) is 0 Å². The van der Waals surface area contributed by atoms with Crippen molar-refractivity contribution in [3.63, 3.8) is 0 Å². The van der Waals surface area contributed by atoms with Gasteiger partial charge in [-0.15, -0.1) is 0 Å². The summed E-state index contributed by atoms with van der Waals surface area (Å²) in [6.45, 7) is 8.58. The Morgan fingerprint density at radius 3 is 2.59 bits per heavy atom. The van der Waals surface area contributed by atoms with Crippen LogP contribution in [0.5, 0.6) is 0 Å². The van der Waals surface area contributed by atoms with Gasteiger partial charge >= 0.3 is 0 Å². The number of nitrogens with one attached hydrogen (secondary N) is 1. The minimum atomic E-state index is 0.723. The van der Waals surface area contributed by atoms with E-state index >= 15 is 0 Å². The lowest BCUT2D eigenvalue weighted by Crippen LogP contribution is -2.37. The van der Waals surface area contributed by atoms with Crippen LogP contribution in [-0.4, -0.2) is 37.6 Å². The van der Waals surface area contributed by atoms with Gasteiger partial charge in [0.1, 0.15) is 0 Å². The molecule has 2 nitrogen and oxygen atoms in total. The van der Waals surface area contributed by atoms with E-state index in [1.165, 1.54) is 58.2 Å². The Labute approximate surface area is 105 Å². The average molecular weight is 234 g/mol. The summed E-state index contributed by atoms with van der Waals surface area (Å²) < 4.78 is 0. The fraction of sp³-hybridized carbons (Fsp3) is 0.867. The van der Waals surface area contributed by atoms with Gasteiger partial charge in [-0.05, 0) is 43.7 Å². The molecule has 1 N–H and O–H groups in total. The highest BCUT2D eigenvalue weighted by Gasteiger charge is 2.38. The molecule has 0 atom stereocenters. The first kappa shape index (κ1) is 11.7. The van der Waals surface area contributed by atoms with Crippen molar-refractivity contribution in [1.29, 1.82) is 0 Å². The molecule has 0 aromatic carbocycles. The first-order valence-electron chi connectivity index (χ1n) is 7.38. The molecule has 2 saturated heterocycles. The third kappa shape index (κ3) is 2.43. The maximum atomic E-state index is 3.35. The summed E-state index contributed by atoms with van der Waals surface area (Å²) in [5, 5.41) is 3.35. The molecule has 1 aliphatic carbocycles. The van der Waals surface area contributed by atoms with E-state index in [1.807, 2.05) is 0 Å². The van der Waals surface area contributed by atoms with Crippen molar-refractivity contribution in [3.05, 3.63) is 11.1 Å². The van der Waals surface area contributed by atoms with Gasteiger partial charge in [0.05, 0.1) is 0 Å². The Balaban J connectivity index is 1.56.